The molecule has 1 aliphatic rings. The van der Waals surface area contributed by atoms with Crippen molar-refractivity contribution in [2.45, 2.75) is 44.5 Å². The maximum Gasteiger partial charge on any atom is 0.419 e. The summed E-state index contributed by atoms with van der Waals surface area (Å²) in [6, 6.07) is 3.92. The fourth-order valence-electron chi connectivity index (χ4n) is 4.80. The molecule has 1 saturated heterocycles. The molecule has 1 N–H and O–H groups in total. The summed E-state index contributed by atoms with van der Waals surface area (Å²) in [6.45, 7) is 1.65. The van der Waals surface area contributed by atoms with Crippen LogP contribution in [0.2, 0.25) is 0 Å². The number of ether oxygens (including phenoxy) is 1. The molecule has 1 aromatic carbocycles. The molecule has 2 aromatic heterocycles. The summed E-state index contributed by atoms with van der Waals surface area (Å²) in [5.74, 6) is -1.58. The zero-order valence-corrected chi connectivity index (χ0v) is 23.3. The Kier molecular flexibility index (Phi) is 8.66. The van der Waals surface area contributed by atoms with E-state index in [-0.39, 0.29) is 52.4 Å². The Balaban J connectivity index is 1.60. The minimum Gasteiger partial charge on any atom is -0.367 e. The van der Waals surface area contributed by atoms with Crippen LogP contribution in [-0.2, 0) is 19.4 Å². The van der Waals surface area contributed by atoms with Crippen molar-refractivity contribution < 1.29 is 39.9 Å². The molecule has 1 amide bonds. The van der Waals surface area contributed by atoms with Crippen molar-refractivity contribution in [2.24, 2.45) is 5.92 Å². The topological polar surface area (TPSA) is 101 Å². The molecule has 1 aliphatic heterocycles. The highest BCUT2D eigenvalue weighted by Gasteiger charge is 2.44. The molecule has 0 saturated carbocycles. The van der Waals surface area contributed by atoms with Gasteiger partial charge in [-0.05, 0) is 37.5 Å². The van der Waals surface area contributed by atoms with Crippen molar-refractivity contribution in [3.8, 4) is 0 Å². The van der Waals surface area contributed by atoms with Gasteiger partial charge < -0.3 is 15.0 Å². The number of amides is 1. The molecule has 0 spiro atoms. The lowest BCUT2D eigenvalue weighted by atomic mass is 9.98. The number of aryl methyl sites for hydroxylation is 1. The first-order valence-corrected chi connectivity index (χ1v) is 14.8. The van der Waals surface area contributed by atoms with Gasteiger partial charge in [-0.15, -0.1) is 0 Å². The van der Waals surface area contributed by atoms with Crippen LogP contribution in [-0.4, -0.2) is 67.5 Å². The normalized spacial score (nSPS) is 17.6. The lowest BCUT2D eigenvalue weighted by Crippen LogP contribution is -2.41. The summed E-state index contributed by atoms with van der Waals surface area (Å²) in [5, 5.41) is 3.39. The third-order valence-corrected chi connectivity index (χ3v) is 9.40. The molecular formula is C25H27F5N4O4S2. The van der Waals surface area contributed by atoms with Crippen LogP contribution in [0.1, 0.15) is 41.1 Å². The Morgan fingerprint density at radius 2 is 1.80 bits per heavy atom. The monoisotopic (exact) mass is 606 g/mol. The predicted molar refractivity (Wildman–Crippen MR) is 141 cm³/mol. The van der Waals surface area contributed by atoms with E-state index in [4.69, 9.17) is 4.74 Å². The van der Waals surface area contributed by atoms with Crippen molar-refractivity contribution in [1.29, 1.82) is 0 Å². The standard InChI is InChI=1S/C25H27F5N4O4S2/c1-13-32-19-18(21(38-3)25(28,29)30)17(12-31-23(19)39-13)33-16-6-4-14(5-7-16)20(22(26)27)34(2)24(35)15-8-10-40(36,37)11-9-15/h4-7,12,15,20-22,33H,8-11H2,1-3H3/t20-,21?/m0/s1. The number of carbonyl (C=O) groups excluding carboxylic acids is 1. The molecule has 1 fully saturated rings. The summed E-state index contributed by atoms with van der Waals surface area (Å²) in [5.41, 5.74) is 0.170. The van der Waals surface area contributed by atoms with Gasteiger partial charge >= 0.3 is 6.18 Å². The fraction of sp³-hybridized carbons (Fsp3) is 0.480. The van der Waals surface area contributed by atoms with Gasteiger partial charge in [0, 0.05) is 31.3 Å². The minimum atomic E-state index is -4.75. The summed E-state index contributed by atoms with van der Waals surface area (Å²) < 4.78 is 98.0. The molecule has 3 aromatic rings. The average molecular weight is 607 g/mol. The van der Waals surface area contributed by atoms with E-state index in [1.807, 2.05) is 0 Å². The number of benzene rings is 1. The quantitative estimate of drug-likeness (QED) is 0.334. The van der Waals surface area contributed by atoms with Crippen LogP contribution in [0, 0.1) is 12.8 Å². The van der Waals surface area contributed by atoms with E-state index in [9.17, 15) is 35.2 Å². The molecule has 8 nitrogen and oxygen atoms in total. The van der Waals surface area contributed by atoms with E-state index in [2.05, 4.69) is 15.3 Å². The lowest BCUT2D eigenvalue weighted by molar-refractivity contribution is -0.215. The van der Waals surface area contributed by atoms with Crippen LogP contribution in [0.25, 0.3) is 10.3 Å². The number of sulfone groups is 1. The van der Waals surface area contributed by atoms with Crippen molar-refractivity contribution in [3.63, 3.8) is 0 Å². The second kappa shape index (κ2) is 11.5. The van der Waals surface area contributed by atoms with Gasteiger partial charge in [0.25, 0.3) is 6.43 Å². The summed E-state index contributed by atoms with van der Waals surface area (Å²) >= 11 is 1.14. The summed E-state index contributed by atoms with van der Waals surface area (Å²) in [4.78, 5) is 22.6. The lowest BCUT2D eigenvalue weighted by Gasteiger charge is -2.32. The molecule has 218 valence electrons. The van der Waals surface area contributed by atoms with Crippen molar-refractivity contribution >= 4 is 48.8 Å². The van der Waals surface area contributed by atoms with Crippen LogP contribution in [0.4, 0.5) is 33.3 Å². The molecule has 1 unspecified atom stereocenters. The smallest absolute Gasteiger partial charge is 0.367 e. The number of aromatic nitrogens is 2. The third-order valence-electron chi connectivity index (χ3n) is 6.81. The molecule has 0 aliphatic carbocycles. The Hall–Kier alpha value is -2.91. The van der Waals surface area contributed by atoms with Crippen LogP contribution in [0.3, 0.4) is 0 Å². The van der Waals surface area contributed by atoms with Crippen molar-refractivity contribution in [2.75, 3.05) is 31.0 Å². The number of nitrogens with zero attached hydrogens (tertiary/aromatic N) is 3. The van der Waals surface area contributed by atoms with Crippen molar-refractivity contribution in [1.82, 2.24) is 14.9 Å². The number of thiazole rings is 1. The second-order valence-corrected chi connectivity index (χ2v) is 13.0. The number of rotatable bonds is 8. The zero-order valence-electron chi connectivity index (χ0n) is 21.7. The van der Waals surface area contributed by atoms with E-state index in [1.165, 1.54) is 37.5 Å². The number of carbonyl (C=O) groups is 1. The van der Waals surface area contributed by atoms with E-state index >= 15 is 0 Å². The maximum absolute atomic E-state index is 14.1. The van der Waals surface area contributed by atoms with Gasteiger partial charge in [0.1, 0.15) is 26.2 Å². The SMILES string of the molecule is COC(c1c(Nc2ccc([C@@H](C(F)F)N(C)C(=O)C3CCS(=O)(=O)CC3)cc2)cnc2sc(C)nc12)C(F)(F)F. The number of halogens is 5. The Labute approximate surface area is 231 Å². The molecule has 0 radical (unpaired) electrons. The summed E-state index contributed by atoms with van der Waals surface area (Å²) in [6.07, 6.45) is -8.60. The molecular weight excluding hydrogens is 579 g/mol. The molecule has 15 heteroatoms. The first-order valence-electron chi connectivity index (χ1n) is 12.2. The average Bonchev–Trinajstić information content (AvgIpc) is 3.25. The highest BCUT2D eigenvalue weighted by Crippen LogP contribution is 2.43. The van der Waals surface area contributed by atoms with Crippen LogP contribution in [0.15, 0.2) is 30.5 Å². The van der Waals surface area contributed by atoms with Gasteiger partial charge in [-0.1, -0.05) is 23.5 Å². The Morgan fingerprint density at radius 3 is 2.35 bits per heavy atom. The van der Waals surface area contributed by atoms with Gasteiger partial charge in [-0.3, -0.25) is 4.79 Å². The van der Waals surface area contributed by atoms with E-state index in [1.54, 1.807) is 6.92 Å². The van der Waals surface area contributed by atoms with E-state index in [0.717, 1.165) is 23.3 Å². The van der Waals surface area contributed by atoms with E-state index in [0.29, 0.717) is 9.84 Å². The first-order chi connectivity index (χ1) is 18.7. The molecule has 2 atom stereocenters. The molecule has 0 bridgehead atoms. The highest BCUT2D eigenvalue weighted by molar-refractivity contribution is 7.91. The number of fused-ring (bicyclic) bond motifs is 1. The number of alkyl halides is 5. The number of hydrogen-bond acceptors (Lipinski definition) is 8. The first kappa shape index (κ1) is 30.1. The number of nitrogens with one attached hydrogen (secondary N) is 1. The number of methoxy groups -OCH3 is 1. The van der Waals surface area contributed by atoms with Gasteiger partial charge in [0.2, 0.25) is 5.91 Å². The predicted octanol–water partition coefficient (Wildman–Crippen LogP) is 5.58. The van der Waals surface area contributed by atoms with Gasteiger partial charge in [-0.25, -0.2) is 27.2 Å². The largest absolute Gasteiger partial charge is 0.419 e. The van der Waals surface area contributed by atoms with E-state index < -0.39 is 46.4 Å². The zero-order chi connectivity index (χ0) is 29.4. The Bertz CT molecular complexity index is 1460. The number of anilines is 2. The van der Waals surface area contributed by atoms with Crippen LogP contribution >= 0.6 is 11.3 Å². The third kappa shape index (κ3) is 6.36. The fourth-order valence-corrected chi connectivity index (χ4v) is 7.06. The van der Waals surface area contributed by atoms with Gasteiger partial charge in [0.15, 0.2) is 6.10 Å². The van der Waals surface area contributed by atoms with Crippen LogP contribution in [0.5, 0.6) is 0 Å². The number of hydrogen-bond donors (Lipinski definition) is 1. The maximum atomic E-state index is 14.1. The minimum absolute atomic E-state index is 0.0142. The molecule has 4 rings (SSSR count). The summed E-state index contributed by atoms with van der Waals surface area (Å²) in [7, 11) is -1.04. The molecule has 3 heterocycles. The molecule has 40 heavy (non-hydrogen) atoms. The van der Waals surface area contributed by atoms with Gasteiger partial charge in [-0.2, -0.15) is 13.2 Å². The Morgan fingerprint density at radius 1 is 1.18 bits per heavy atom. The van der Waals surface area contributed by atoms with Crippen molar-refractivity contribution in [3.05, 3.63) is 46.6 Å². The van der Waals surface area contributed by atoms with Gasteiger partial charge in [0.05, 0.1) is 28.4 Å². The number of pyridine rings is 1. The highest BCUT2D eigenvalue weighted by atomic mass is 32.2. The second-order valence-electron chi connectivity index (χ2n) is 9.53. The van der Waals surface area contributed by atoms with Crippen LogP contribution < -0.4 is 5.32 Å².